The van der Waals surface area contributed by atoms with Crippen LogP contribution in [0.1, 0.15) is 70.0 Å². The van der Waals surface area contributed by atoms with Gasteiger partial charge in [-0.1, -0.05) is 41.5 Å². The van der Waals surface area contributed by atoms with Crippen LogP contribution in [0.2, 0.25) is 0 Å². The highest BCUT2D eigenvalue weighted by Gasteiger charge is 2.26. The van der Waals surface area contributed by atoms with Gasteiger partial charge in [0.15, 0.2) is 0 Å². The van der Waals surface area contributed by atoms with Gasteiger partial charge < -0.3 is 20.1 Å². The van der Waals surface area contributed by atoms with Gasteiger partial charge in [0.1, 0.15) is 17.1 Å². The second-order valence-electron chi connectivity index (χ2n) is 10.0. The number of phenols is 1. The molecule has 3 rings (SSSR count). The first-order valence-electron chi connectivity index (χ1n) is 10.8. The van der Waals surface area contributed by atoms with Crippen molar-refractivity contribution in [3.63, 3.8) is 0 Å². The number of hydrogen-bond donors (Lipinski definition) is 3. The molecule has 1 amide bonds. The van der Waals surface area contributed by atoms with Crippen molar-refractivity contribution in [1.29, 1.82) is 0 Å². The van der Waals surface area contributed by atoms with Gasteiger partial charge in [0, 0.05) is 28.9 Å². The van der Waals surface area contributed by atoms with Crippen molar-refractivity contribution in [3.8, 4) is 11.5 Å². The summed E-state index contributed by atoms with van der Waals surface area (Å²) >= 11 is 0. The van der Waals surface area contributed by atoms with Crippen molar-refractivity contribution < 1.29 is 14.6 Å². The van der Waals surface area contributed by atoms with E-state index in [0.29, 0.717) is 28.9 Å². The third kappa shape index (κ3) is 4.64. The van der Waals surface area contributed by atoms with E-state index in [4.69, 9.17) is 4.74 Å². The summed E-state index contributed by atoms with van der Waals surface area (Å²) in [6, 6.07) is 8.67. The summed E-state index contributed by atoms with van der Waals surface area (Å²) in [7, 11) is 0. The molecule has 0 unspecified atom stereocenters. The smallest absolute Gasteiger partial charge is 0.261 e. The van der Waals surface area contributed by atoms with Gasteiger partial charge in [-0.05, 0) is 53.1 Å². The summed E-state index contributed by atoms with van der Waals surface area (Å²) in [5, 5.41) is 13.9. The number of phenolic OH excluding ortho intramolecular Hbond substituents is 1. The van der Waals surface area contributed by atoms with Crippen LogP contribution in [0.25, 0.3) is 10.9 Å². The van der Waals surface area contributed by atoms with E-state index in [1.807, 2.05) is 54.5 Å². The lowest BCUT2D eigenvalue weighted by Gasteiger charge is -2.28. The van der Waals surface area contributed by atoms with Gasteiger partial charge >= 0.3 is 0 Å². The molecule has 2 aromatic carbocycles. The number of aromatic amines is 1. The number of hydrogen-bond acceptors (Lipinski definition) is 4. The highest BCUT2D eigenvalue weighted by molar-refractivity contribution is 6.06. The molecule has 0 saturated carbocycles. The minimum Gasteiger partial charge on any atom is -0.508 e. The van der Waals surface area contributed by atoms with Crippen LogP contribution in [0, 0.1) is 0 Å². The van der Waals surface area contributed by atoms with Gasteiger partial charge in [-0.2, -0.15) is 0 Å². The van der Waals surface area contributed by atoms with E-state index in [-0.39, 0.29) is 27.6 Å². The van der Waals surface area contributed by atoms with Gasteiger partial charge in [-0.3, -0.25) is 9.59 Å². The average Bonchev–Trinajstić information content (AvgIpc) is 2.67. The van der Waals surface area contributed by atoms with Crippen LogP contribution < -0.4 is 15.5 Å². The molecule has 3 aromatic rings. The molecule has 0 spiro atoms. The maximum Gasteiger partial charge on any atom is 0.261 e. The molecule has 6 nitrogen and oxygen atoms in total. The van der Waals surface area contributed by atoms with Crippen LogP contribution in [0.15, 0.2) is 41.3 Å². The van der Waals surface area contributed by atoms with Crippen LogP contribution >= 0.6 is 0 Å². The summed E-state index contributed by atoms with van der Waals surface area (Å²) in [5.41, 5.74) is 1.83. The lowest BCUT2D eigenvalue weighted by atomic mass is 9.79. The summed E-state index contributed by atoms with van der Waals surface area (Å²) < 4.78 is 5.49. The molecule has 1 aromatic heterocycles. The Morgan fingerprint density at radius 2 is 1.69 bits per heavy atom. The topological polar surface area (TPSA) is 91.4 Å². The molecule has 6 heteroatoms. The van der Waals surface area contributed by atoms with Crippen LogP contribution in [0.4, 0.5) is 5.69 Å². The first-order valence-corrected chi connectivity index (χ1v) is 10.8. The number of ether oxygens (including phenoxy) is 1. The lowest BCUT2D eigenvalue weighted by Crippen LogP contribution is -2.25. The van der Waals surface area contributed by atoms with Gasteiger partial charge in [0.2, 0.25) is 5.43 Å². The minimum absolute atomic E-state index is 0.00889. The normalized spacial score (nSPS) is 12.1. The van der Waals surface area contributed by atoms with Crippen LogP contribution in [0.5, 0.6) is 11.5 Å². The van der Waals surface area contributed by atoms with E-state index in [1.165, 1.54) is 6.20 Å². The zero-order valence-corrected chi connectivity index (χ0v) is 19.8. The number of benzene rings is 2. The fourth-order valence-corrected chi connectivity index (χ4v) is 3.73. The first-order chi connectivity index (χ1) is 14.8. The second-order valence-corrected chi connectivity index (χ2v) is 10.0. The van der Waals surface area contributed by atoms with E-state index < -0.39 is 5.91 Å². The highest BCUT2D eigenvalue weighted by atomic mass is 16.5. The summed E-state index contributed by atoms with van der Waals surface area (Å²) in [6.45, 7) is 14.5. The molecule has 3 N–H and O–H groups in total. The Kier molecular flexibility index (Phi) is 6.09. The monoisotopic (exact) mass is 436 g/mol. The Morgan fingerprint density at radius 3 is 2.28 bits per heavy atom. The van der Waals surface area contributed by atoms with Crippen LogP contribution in [0.3, 0.4) is 0 Å². The zero-order valence-electron chi connectivity index (χ0n) is 19.8. The Bertz CT molecular complexity index is 1230. The number of fused-ring (bicyclic) bond motifs is 1. The lowest BCUT2D eigenvalue weighted by molar-refractivity contribution is 0.102. The fourth-order valence-electron chi connectivity index (χ4n) is 3.73. The number of anilines is 1. The number of pyridine rings is 1. The Labute approximate surface area is 188 Å². The predicted molar refractivity (Wildman–Crippen MR) is 129 cm³/mol. The largest absolute Gasteiger partial charge is 0.508 e. The van der Waals surface area contributed by atoms with Crippen molar-refractivity contribution in [2.75, 3.05) is 11.9 Å². The van der Waals surface area contributed by atoms with E-state index in [1.54, 1.807) is 24.3 Å². The maximum atomic E-state index is 13.1. The number of nitrogens with one attached hydrogen (secondary N) is 2. The Balaban J connectivity index is 2.07. The second kappa shape index (κ2) is 8.34. The van der Waals surface area contributed by atoms with E-state index in [2.05, 4.69) is 10.3 Å². The third-order valence-corrected chi connectivity index (χ3v) is 5.41. The van der Waals surface area contributed by atoms with E-state index >= 15 is 0 Å². The fraction of sp³-hybridized carbons (Fsp3) is 0.385. The zero-order chi connectivity index (χ0) is 23.8. The highest BCUT2D eigenvalue weighted by Crippen LogP contribution is 2.39. The number of rotatable bonds is 4. The summed E-state index contributed by atoms with van der Waals surface area (Å²) in [5.74, 6) is 0.138. The van der Waals surface area contributed by atoms with Gasteiger partial charge in [0.05, 0.1) is 6.61 Å². The summed E-state index contributed by atoms with van der Waals surface area (Å²) in [6.07, 6.45) is 1.42. The molecule has 0 bridgehead atoms. The van der Waals surface area contributed by atoms with Crippen molar-refractivity contribution in [3.05, 3.63) is 63.4 Å². The van der Waals surface area contributed by atoms with Gasteiger partial charge in [0.25, 0.3) is 5.91 Å². The molecule has 0 fully saturated rings. The molecule has 170 valence electrons. The minimum atomic E-state index is -0.539. The van der Waals surface area contributed by atoms with Crippen molar-refractivity contribution >= 4 is 22.5 Å². The number of H-pyrrole nitrogens is 1. The summed E-state index contributed by atoms with van der Waals surface area (Å²) in [4.78, 5) is 29.2. The molecular formula is C26H32N2O4. The van der Waals surface area contributed by atoms with Gasteiger partial charge in [-0.15, -0.1) is 0 Å². The molecular weight excluding hydrogens is 404 g/mol. The number of aromatic hydroxyl groups is 1. The number of aromatic nitrogens is 1. The standard InChI is InChI=1S/C26H32N2O4/c1-8-32-15-9-10-20-16(11-15)23(30)17(14-27-20)24(31)28-21-13-22(29)19(26(5,6)7)12-18(21)25(2,3)4/h9-14,29H,8H2,1-7H3,(H,27,30)(H,28,31). The van der Waals surface area contributed by atoms with E-state index in [9.17, 15) is 14.7 Å². The molecule has 32 heavy (non-hydrogen) atoms. The van der Waals surface area contributed by atoms with Crippen molar-refractivity contribution in [2.24, 2.45) is 0 Å². The maximum absolute atomic E-state index is 13.1. The molecule has 0 aliphatic heterocycles. The first kappa shape index (κ1) is 23.4. The molecule has 0 atom stereocenters. The molecule has 0 radical (unpaired) electrons. The quantitative estimate of drug-likeness (QED) is 0.505. The van der Waals surface area contributed by atoms with Gasteiger partial charge in [-0.25, -0.2) is 0 Å². The number of carbonyl (C=O) groups is 1. The van der Waals surface area contributed by atoms with Crippen molar-refractivity contribution in [1.82, 2.24) is 4.98 Å². The predicted octanol–water partition coefficient (Wildman–Crippen LogP) is 5.48. The Hall–Kier alpha value is -3.28. The molecule has 0 aliphatic rings. The molecule has 0 saturated heterocycles. The molecule has 1 heterocycles. The van der Waals surface area contributed by atoms with Crippen molar-refractivity contribution in [2.45, 2.75) is 59.3 Å². The van der Waals surface area contributed by atoms with E-state index in [0.717, 1.165) is 11.1 Å². The number of amides is 1. The SMILES string of the molecule is CCOc1ccc2[nH]cc(C(=O)Nc3cc(O)c(C(C)(C)C)cc3C(C)(C)C)c(=O)c2c1. The van der Waals surface area contributed by atoms with Crippen LogP contribution in [-0.4, -0.2) is 22.6 Å². The number of carbonyl (C=O) groups excluding carboxylic acids is 1. The Morgan fingerprint density at radius 1 is 1.03 bits per heavy atom. The van der Waals surface area contributed by atoms with Crippen LogP contribution in [-0.2, 0) is 10.8 Å². The third-order valence-electron chi connectivity index (χ3n) is 5.41. The average molecular weight is 437 g/mol. The molecule has 0 aliphatic carbocycles.